The van der Waals surface area contributed by atoms with Crippen molar-refractivity contribution in [2.24, 2.45) is 5.92 Å². The number of carbonyl (C=O) groups excluding carboxylic acids is 1. The molecule has 0 radical (unpaired) electrons. The molecule has 1 saturated carbocycles. The van der Waals surface area contributed by atoms with Crippen LogP contribution in [-0.4, -0.2) is 48.4 Å². The van der Waals surface area contributed by atoms with E-state index < -0.39 is 0 Å². The number of anilines is 2. The van der Waals surface area contributed by atoms with E-state index in [1.165, 1.54) is 19.3 Å². The number of para-hydroxylation sites is 2. The lowest BCUT2D eigenvalue weighted by Gasteiger charge is -2.32. The first-order valence-electron chi connectivity index (χ1n) is 12.0. The van der Waals surface area contributed by atoms with E-state index in [0.717, 1.165) is 61.3 Å². The number of imidazole rings is 1. The first-order valence-corrected chi connectivity index (χ1v) is 12.0. The lowest BCUT2D eigenvalue weighted by atomic mass is 9.95. The minimum Gasteiger partial charge on any atom is -0.355 e. The zero-order valence-electron chi connectivity index (χ0n) is 18.6. The molecule has 1 saturated heterocycles. The van der Waals surface area contributed by atoms with E-state index in [1.807, 2.05) is 24.3 Å². The van der Waals surface area contributed by atoms with Crippen molar-refractivity contribution >= 4 is 34.4 Å². The number of carbonyl (C=O) groups is 1. The van der Waals surface area contributed by atoms with Crippen molar-refractivity contribution in [2.75, 3.05) is 23.3 Å². The minimum absolute atomic E-state index is 0.0282. The third-order valence-corrected chi connectivity index (χ3v) is 7.11. The van der Waals surface area contributed by atoms with E-state index in [1.54, 1.807) is 10.8 Å². The second-order valence-corrected chi connectivity index (χ2v) is 9.16. The van der Waals surface area contributed by atoms with Crippen LogP contribution in [0.4, 0.5) is 11.8 Å². The summed E-state index contributed by atoms with van der Waals surface area (Å²) in [5, 5.41) is 15.7. The lowest BCUT2D eigenvalue weighted by molar-refractivity contribution is -0.120. The van der Waals surface area contributed by atoms with Crippen molar-refractivity contribution in [3.8, 4) is 0 Å². The van der Waals surface area contributed by atoms with Gasteiger partial charge < -0.3 is 9.47 Å². The number of aromatic nitrogens is 6. The van der Waals surface area contributed by atoms with Crippen molar-refractivity contribution in [2.45, 2.75) is 51.0 Å². The van der Waals surface area contributed by atoms with Gasteiger partial charge in [-0.3, -0.25) is 10.1 Å². The van der Waals surface area contributed by atoms with E-state index in [4.69, 9.17) is 4.98 Å². The molecule has 9 heteroatoms. The summed E-state index contributed by atoms with van der Waals surface area (Å²) in [6, 6.07) is 12.5. The number of hydrogen-bond acceptors (Lipinski definition) is 6. The van der Waals surface area contributed by atoms with Gasteiger partial charge in [0.25, 0.3) is 0 Å². The molecule has 170 valence electrons. The Morgan fingerprint density at radius 1 is 0.970 bits per heavy atom. The smallest absolute Gasteiger partial charge is 0.229 e. The lowest BCUT2D eigenvalue weighted by Crippen LogP contribution is -2.39. The predicted octanol–water partition coefficient (Wildman–Crippen LogP) is 3.83. The summed E-state index contributed by atoms with van der Waals surface area (Å²) in [5.74, 6) is 1.64. The second kappa shape index (κ2) is 8.46. The van der Waals surface area contributed by atoms with Crippen LogP contribution in [0.15, 0.2) is 42.7 Å². The largest absolute Gasteiger partial charge is 0.355 e. The molecule has 1 aliphatic heterocycles. The number of nitrogens with zero attached hydrogens (tertiary/aromatic N) is 7. The van der Waals surface area contributed by atoms with Crippen LogP contribution in [0.2, 0.25) is 0 Å². The Hall–Kier alpha value is -3.49. The third kappa shape index (κ3) is 3.81. The Bertz CT molecular complexity index is 1280. The van der Waals surface area contributed by atoms with E-state index in [9.17, 15) is 4.79 Å². The van der Waals surface area contributed by atoms with E-state index in [2.05, 4.69) is 42.2 Å². The molecule has 4 heterocycles. The Morgan fingerprint density at radius 2 is 1.79 bits per heavy atom. The average molecular weight is 445 g/mol. The molecule has 0 unspecified atom stereocenters. The maximum absolute atomic E-state index is 13.2. The quantitative estimate of drug-likeness (QED) is 0.514. The van der Waals surface area contributed by atoms with Gasteiger partial charge in [-0.2, -0.15) is 4.52 Å². The molecule has 2 fully saturated rings. The fraction of sp³-hybridized carbons (Fsp3) is 0.458. The third-order valence-electron chi connectivity index (χ3n) is 7.11. The normalized spacial score (nSPS) is 18.2. The van der Waals surface area contributed by atoms with Crippen LogP contribution >= 0.6 is 0 Å². The summed E-state index contributed by atoms with van der Waals surface area (Å²) in [6.07, 6.45) is 9.24. The molecular weight excluding hydrogens is 416 g/mol. The Kier molecular flexibility index (Phi) is 5.16. The average Bonchev–Trinajstić information content (AvgIpc) is 3.48. The summed E-state index contributed by atoms with van der Waals surface area (Å²) >= 11 is 0. The fourth-order valence-corrected chi connectivity index (χ4v) is 5.31. The van der Waals surface area contributed by atoms with Gasteiger partial charge in [0.1, 0.15) is 12.1 Å². The van der Waals surface area contributed by atoms with Gasteiger partial charge >= 0.3 is 0 Å². The molecular formula is C24H28N8O. The summed E-state index contributed by atoms with van der Waals surface area (Å²) in [4.78, 5) is 20.3. The molecule has 1 aromatic carbocycles. The SMILES string of the molecule is O=C(Nc1nc2ccccc2n1C1CCCCC1)C1CCN(c2ccc3nncn3n2)CC1. The van der Waals surface area contributed by atoms with Crippen LogP contribution in [0.25, 0.3) is 16.7 Å². The van der Waals surface area contributed by atoms with Crippen molar-refractivity contribution in [1.82, 2.24) is 29.4 Å². The Labute approximate surface area is 191 Å². The van der Waals surface area contributed by atoms with Gasteiger partial charge in [0.05, 0.1) is 11.0 Å². The van der Waals surface area contributed by atoms with E-state index in [-0.39, 0.29) is 11.8 Å². The first-order chi connectivity index (χ1) is 16.3. The summed E-state index contributed by atoms with van der Waals surface area (Å²) in [7, 11) is 0. The molecule has 33 heavy (non-hydrogen) atoms. The van der Waals surface area contributed by atoms with Gasteiger partial charge in [0.15, 0.2) is 5.65 Å². The molecule has 6 rings (SSSR count). The molecule has 1 N–H and O–H groups in total. The van der Waals surface area contributed by atoms with Crippen molar-refractivity contribution in [3.63, 3.8) is 0 Å². The Balaban J connectivity index is 1.17. The molecule has 1 amide bonds. The van der Waals surface area contributed by atoms with Gasteiger partial charge in [0, 0.05) is 25.0 Å². The van der Waals surface area contributed by atoms with E-state index in [0.29, 0.717) is 12.0 Å². The minimum atomic E-state index is -0.0282. The number of nitrogens with one attached hydrogen (secondary N) is 1. The van der Waals surface area contributed by atoms with Gasteiger partial charge in [-0.25, -0.2) is 4.98 Å². The highest BCUT2D eigenvalue weighted by molar-refractivity contribution is 5.93. The van der Waals surface area contributed by atoms with Crippen molar-refractivity contribution in [1.29, 1.82) is 0 Å². The standard InChI is InChI=1S/C24H28N8O/c33-23(17-12-14-30(15-13-17)22-11-10-21-28-25-16-31(21)29-22)27-24-26-19-8-4-5-9-20(19)32(24)18-6-2-1-3-7-18/h4-5,8-11,16-18H,1-3,6-7,12-15H2,(H,26,27,33). The Morgan fingerprint density at radius 3 is 2.64 bits per heavy atom. The summed E-state index contributed by atoms with van der Waals surface area (Å²) in [5.41, 5.74) is 2.79. The molecule has 9 nitrogen and oxygen atoms in total. The van der Waals surface area contributed by atoms with Crippen LogP contribution in [0.1, 0.15) is 51.0 Å². The highest BCUT2D eigenvalue weighted by atomic mass is 16.2. The second-order valence-electron chi connectivity index (χ2n) is 9.16. The predicted molar refractivity (Wildman–Crippen MR) is 126 cm³/mol. The van der Waals surface area contributed by atoms with Crippen molar-refractivity contribution < 1.29 is 4.79 Å². The van der Waals surface area contributed by atoms with E-state index >= 15 is 0 Å². The fourth-order valence-electron chi connectivity index (χ4n) is 5.31. The number of rotatable bonds is 4. The van der Waals surface area contributed by atoms with Gasteiger partial charge in [-0.15, -0.1) is 15.3 Å². The molecule has 3 aromatic heterocycles. The highest BCUT2D eigenvalue weighted by Crippen LogP contribution is 2.34. The number of hydrogen-bond donors (Lipinski definition) is 1. The zero-order valence-corrected chi connectivity index (χ0v) is 18.6. The van der Waals surface area contributed by atoms with Gasteiger partial charge in [-0.05, 0) is 49.9 Å². The molecule has 0 bridgehead atoms. The van der Waals surface area contributed by atoms with Crippen LogP contribution in [0.3, 0.4) is 0 Å². The molecule has 2 aliphatic rings. The molecule has 4 aromatic rings. The highest BCUT2D eigenvalue weighted by Gasteiger charge is 2.28. The molecule has 0 spiro atoms. The van der Waals surface area contributed by atoms with Gasteiger partial charge in [-0.1, -0.05) is 31.4 Å². The first kappa shape index (κ1) is 20.1. The molecule has 1 aliphatic carbocycles. The topological polar surface area (TPSA) is 93.2 Å². The summed E-state index contributed by atoms with van der Waals surface area (Å²) in [6.45, 7) is 1.58. The van der Waals surface area contributed by atoms with Crippen molar-refractivity contribution in [3.05, 3.63) is 42.7 Å². The zero-order chi connectivity index (χ0) is 22.2. The number of amides is 1. The van der Waals surface area contributed by atoms with Crippen LogP contribution in [-0.2, 0) is 4.79 Å². The number of piperidine rings is 1. The number of benzene rings is 1. The monoisotopic (exact) mass is 444 g/mol. The van der Waals surface area contributed by atoms with Crippen LogP contribution < -0.4 is 10.2 Å². The number of fused-ring (bicyclic) bond motifs is 2. The molecule has 0 atom stereocenters. The maximum Gasteiger partial charge on any atom is 0.229 e. The maximum atomic E-state index is 13.2. The van der Waals surface area contributed by atoms with Gasteiger partial charge in [0.2, 0.25) is 11.9 Å². The summed E-state index contributed by atoms with van der Waals surface area (Å²) < 4.78 is 3.96. The van der Waals surface area contributed by atoms with Crippen LogP contribution in [0, 0.1) is 5.92 Å². The van der Waals surface area contributed by atoms with Crippen LogP contribution in [0.5, 0.6) is 0 Å².